The summed E-state index contributed by atoms with van der Waals surface area (Å²) in [5.74, 6) is 1.83. The van der Waals surface area contributed by atoms with Gasteiger partial charge < -0.3 is 9.30 Å². The molecule has 0 radical (unpaired) electrons. The predicted molar refractivity (Wildman–Crippen MR) is 116 cm³/mol. The molecule has 0 unspecified atom stereocenters. The number of ketones is 1. The number of carbonyl (C=O) groups excluding carboxylic acids is 2. The van der Waals surface area contributed by atoms with Gasteiger partial charge in [-0.3, -0.25) is 9.59 Å². The fraction of sp³-hybridized carbons (Fsp3) is 0.538. The fourth-order valence-electron chi connectivity index (χ4n) is 6.86. The Morgan fingerprint density at radius 3 is 2.10 bits per heavy atom. The van der Waals surface area contributed by atoms with Crippen molar-refractivity contribution >= 4 is 11.8 Å². The van der Waals surface area contributed by atoms with Crippen LogP contribution in [0.4, 0.5) is 0 Å². The highest BCUT2D eigenvalue weighted by atomic mass is 16.5. The summed E-state index contributed by atoms with van der Waals surface area (Å²) in [7, 11) is 0. The molecule has 1 aromatic carbocycles. The van der Waals surface area contributed by atoms with Crippen LogP contribution in [0.15, 0.2) is 30.3 Å². The standard InChI is InChI=1S/C26H31NO3/c1-16-4-6-22(7-5-16)27-17(2)8-23(18(27)3)24(28)15-30-25(29)26-12-19-9-20(13-26)11-21(10-19)14-26/h4-8,19-21H,9-15H2,1-3H3. The SMILES string of the molecule is Cc1ccc(-n2c(C)cc(C(=O)COC(=O)C34CC5CC(CC(C5)C3)C4)c2C)cc1. The Labute approximate surface area is 178 Å². The molecule has 0 spiro atoms. The predicted octanol–water partition coefficient (Wildman–Crippen LogP) is 5.34. The maximum Gasteiger partial charge on any atom is 0.312 e. The molecule has 4 aliphatic rings. The molecule has 4 fully saturated rings. The van der Waals surface area contributed by atoms with Crippen molar-refractivity contribution in [2.45, 2.75) is 59.3 Å². The largest absolute Gasteiger partial charge is 0.457 e. The van der Waals surface area contributed by atoms with Crippen LogP contribution < -0.4 is 0 Å². The van der Waals surface area contributed by atoms with Gasteiger partial charge in [0.25, 0.3) is 0 Å². The van der Waals surface area contributed by atoms with Crippen LogP contribution in [0.5, 0.6) is 0 Å². The van der Waals surface area contributed by atoms with Crippen LogP contribution in [0.2, 0.25) is 0 Å². The van der Waals surface area contributed by atoms with E-state index in [1.165, 1.54) is 24.8 Å². The van der Waals surface area contributed by atoms with E-state index >= 15 is 0 Å². The van der Waals surface area contributed by atoms with Crippen molar-refractivity contribution in [2.75, 3.05) is 6.61 Å². The Morgan fingerprint density at radius 1 is 0.967 bits per heavy atom. The van der Waals surface area contributed by atoms with Crippen molar-refractivity contribution < 1.29 is 14.3 Å². The van der Waals surface area contributed by atoms with Crippen molar-refractivity contribution in [3.8, 4) is 5.69 Å². The molecule has 6 rings (SSSR count). The van der Waals surface area contributed by atoms with E-state index in [9.17, 15) is 9.59 Å². The zero-order chi connectivity index (χ0) is 21.0. The van der Waals surface area contributed by atoms with Crippen molar-refractivity contribution in [3.05, 3.63) is 52.8 Å². The van der Waals surface area contributed by atoms with Crippen molar-refractivity contribution in [2.24, 2.45) is 23.2 Å². The molecule has 158 valence electrons. The molecular weight excluding hydrogens is 374 g/mol. The topological polar surface area (TPSA) is 48.3 Å². The summed E-state index contributed by atoms with van der Waals surface area (Å²) in [5.41, 5.74) is 4.48. The number of hydrogen-bond acceptors (Lipinski definition) is 3. The summed E-state index contributed by atoms with van der Waals surface area (Å²) in [5, 5.41) is 0. The third-order valence-corrected chi connectivity index (χ3v) is 7.83. The first-order valence-corrected chi connectivity index (χ1v) is 11.3. The lowest BCUT2D eigenvalue weighted by molar-refractivity contribution is -0.170. The lowest BCUT2D eigenvalue weighted by atomic mass is 9.49. The van der Waals surface area contributed by atoms with Gasteiger partial charge in [0.1, 0.15) is 0 Å². The summed E-state index contributed by atoms with van der Waals surface area (Å²) in [6.07, 6.45) is 6.76. The highest BCUT2D eigenvalue weighted by Crippen LogP contribution is 2.60. The number of carbonyl (C=O) groups is 2. The molecule has 4 saturated carbocycles. The number of esters is 1. The molecule has 0 saturated heterocycles. The molecule has 2 aromatic rings. The lowest BCUT2D eigenvalue weighted by Gasteiger charge is -2.55. The summed E-state index contributed by atoms with van der Waals surface area (Å²) < 4.78 is 7.76. The number of nitrogens with zero attached hydrogens (tertiary/aromatic N) is 1. The number of hydrogen-bond donors (Lipinski definition) is 0. The van der Waals surface area contributed by atoms with Gasteiger partial charge in [0.15, 0.2) is 6.61 Å². The molecule has 0 aliphatic heterocycles. The first kappa shape index (κ1) is 19.6. The van der Waals surface area contributed by atoms with Crippen molar-refractivity contribution in [1.29, 1.82) is 0 Å². The normalized spacial score (nSPS) is 29.2. The first-order chi connectivity index (χ1) is 14.3. The number of Topliss-reactive ketones (excluding diaryl/α,β-unsaturated/α-hetero) is 1. The highest BCUT2D eigenvalue weighted by molar-refractivity contribution is 5.99. The molecule has 4 nitrogen and oxygen atoms in total. The summed E-state index contributed by atoms with van der Waals surface area (Å²) in [6, 6.07) is 10.2. The fourth-order valence-corrected chi connectivity index (χ4v) is 6.86. The van der Waals surface area contributed by atoms with Gasteiger partial charge in [0.2, 0.25) is 5.78 Å². The van der Waals surface area contributed by atoms with Crippen molar-refractivity contribution in [1.82, 2.24) is 4.57 Å². The van der Waals surface area contributed by atoms with Gasteiger partial charge in [0, 0.05) is 22.6 Å². The lowest BCUT2D eigenvalue weighted by Crippen LogP contribution is -2.50. The monoisotopic (exact) mass is 405 g/mol. The Morgan fingerprint density at radius 2 is 1.53 bits per heavy atom. The van der Waals surface area contributed by atoms with E-state index in [0.29, 0.717) is 23.3 Å². The van der Waals surface area contributed by atoms with Gasteiger partial charge in [-0.15, -0.1) is 0 Å². The van der Waals surface area contributed by atoms with Crippen LogP contribution >= 0.6 is 0 Å². The second-order valence-electron chi connectivity index (χ2n) is 10.2. The highest BCUT2D eigenvalue weighted by Gasteiger charge is 2.55. The number of rotatable bonds is 5. The molecule has 30 heavy (non-hydrogen) atoms. The van der Waals surface area contributed by atoms with E-state index in [1.807, 2.05) is 19.9 Å². The van der Waals surface area contributed by atoms with Crippen LogP contribution in [0.1, 0.15) is 65.8 Å². The Hall–Kier alpha value is -2.36. The summed E-state index contributed by atoms with van der Waals surface area (Å²) >= 11 is 0. The minimum absolute atomic E-state index is 0.112. The van der Waals surface area contributed by atoms with E-state index in [1.54, 1.807) is 0 Å². The molecular formula is C26H31NO3. The number of aromatic nitrogens is 1. The van der Waals surface area contributed by atoms with Crippen LogP contribution in [0, 0.1) is 43.9 Å². The third-order valence-electron chi connectivity index (χ3n) is 7.83. The number of aryl methyl sites for hydroxylation is 2. The molecule has 0 N–H and O–H groups in total. The molecule has 1 aromatic heterocycles. The quantitative estimate of drug-likeness (QED) is 0.498. The summed E-state index contributed by atoms with van der Waals surface area (Å²) in [4.78, 5) is 26.0. The molecule has 4 aliphatic carbocycles. The van der Waals surface area contributed by atoms with Gasteiger partial charge in [-0.05, 0) is 95.2 Å². The number of ether oxygens (including phenoxy) is 1. The molecule has 1 heterocycles. The van der Waals surface area contributed by atoms with Crippen LogP contribution in [-0.2, 0) is 9.53 Å². The first-order valence-electron chi connectivity index (χ1n) is 11.3. The molecule has 0 atom stereocenters. The smallest absolute Gasteiger partial charge is 0.312 e. The average molecular weight is 406 g/mol. The third kappa shape index (κ3) is 3.21. The Bertz CT molecular complexity index is 963. The van der Waals surface area contributed by atoms with E-state index in [2.05, 4.69) is 35.8 Å². The van der Waals surface area contributed by atoms with E-state index in [4.69, 9.17) is 4.74 Å². The Kier molecular flexibility index (Phi) is 4.64. The van der Waals surface area contributed by atoms with Gasteiger partial charge >= 0.3 is 5.97 Å². The van der Waals surface area contributed by atoms with E-state index in [0.717, 1.165) is 36.3 Å². The zero-order valence-corrected chi connectivity index (χ0v) is 18.2. The Balaban J connectivity index is 1.30. The second-order valence-corrected chi connectivity index (χ2v) is 10.2. The van der Waals surface area contributed by atoms with E-state index in [-0.39, 0.29) is 23.8 Å². The molecule has 4 heteroatoms. The zero-order valence-electron chi connectivity index (χ0n) is 18.2. The molecule has 4 bridgehead atoms. The average Bonchev–Trinajstić information content (AvgIpc) is 3.00. The number of benzene rings is 1. The maximum absolute atomic E-state index is 13.1. The minimum Gasteiger partial charge on any atom is -0.457 e. The van der Waals surface area contributed by atoms with E-state index < -0.39 is 0 Å². The second kappa shape index (κ2) is 7.11. The van der Waals surface area contributed by atoms with Gasteiger partial charge in [0.05, 0.1) is 5.41 Å². The van der Waals surface area contributed by atoms with Gasteiger partial charge in [-0.1, -0.05) is 17.7 Å². The van der Waals surface area contributed by atoms with Crippen molar-refractivity contribution in [3.63, 3.8) is 0 Å². The molecule has 0 amide bonds. The minimum atomic E-state index is -0.312. The van der Waals surface area contributed by atoms with Gasteiger partial charge in [-0.25, -0.2) is 0 Å². The van der Waals surface area contributed by atoms with Crippen LogP contribution in [-0.4, -0.2) is 22.9 Å². The maximum atomic E-state index is 13.1. The van der Waals surface area contributed by atoms with Gasteiger partial charge in [-0.2, -0.15) is 0 Å². The van der Waals surface area contributed by atoms with Crippen LogP contribution in [0.25, 0.3) is 5.69 Å². The summed E-state index contributed by atoms with van der Waals surface area (Å²) in [6.45, 7) is 5.87. The van der Waals surface area contributed by atoms with Crippen LogP contribution in [0.3, 0.4) is 0 Å².